The van der Waals surface area contributed by atoms with Gasteiger partial charge in [-0.25, -0.2) is 0 Å². The van der Waals surface area contributed by atoms with Gasteiger partial charge in [0.15, 0.2) is 0 Å². The second-order valence-electron chi connectivity index (χ2n) is 3.66. The summed E-state index contributed by atoms with van der Waals surface area (Å²) in [4.78, 5) is 10.4. The molecule has 1 unspecified atom stereocenters. The summed E-state index contributed by atoms with van der Waals surface area (Å²) >= 11 is 0. The van der Waals surface area contributed by atoms with Crippen molar-refractivity contribution in [2.45, 2.75) is 19.8 Å². The molecule has 1 atom stereocenters. The summed E-state index contributed by atoms with van der Waals surface area (Å²) in [6.07, 6.45) is 0. The van der Waals surface area contributed by atoms with Gasteiger partial charge in [0.1, 0.15) is 0 Å². The van der Waals surface area contributed by atoms with Gasteiger partial charge in [-0.05, 0) is 12.5 Å². The van der Waals surface area contributed by atoms with Crippen LogP contribution in [0.2, 0.25) is 0 Å². The van der Waals surface area contributed by atoms with Crippen LogP contribution in [0, 0.1) is 0 Å². The summed E-state index contributed by atoms with van der Waals surface area (Å²) < 4.78 is 0. The fourth-order valence-electron chi connectivity index (χ4n) is 1.25. The van der Waals surface area contributed by atoms with E-state index >= 15 is 0 Å². The van der Waals surface area contributed by atoms with Crippen LogP contribution in [0.25, 0.3) is 0 Å². The number of carboxylic acid groups (broad SMARTS) is 1. The molecule has 0 saturated heterocycles. The Kier molecular flexibility index (Phi) is 7.87. The Balaban J connectivity index is 0.00000256. The Labute approximate surface area is 123 Å². The van der Waals surface area contributed by atoms with Crippen molar-refractivity contribution < 1.29 is 39.5 Å². The molecule has 0 saturated carbocycles. The monoisotopic (exact) mass is 242 g/mol. The minimum Gasteiger partial charge on any atom is -0.543 e. The largest absolute Gasteiger partial charge is 1.00 e. The first kappa shape index (κ1) is 16.2. The zero-order valence-electron chi connectivity index (χ0n) is 10.4. The summed E-state index contributed by atoms with van der Waals surface area (Å²) in [7, 11) is 0. The van der Waals surface area contributed by atoms with Gasteiger partial charge in [0, 0.05) is 12.5 Å². The molecule has 0 bridgehead atoms. The molecule has 0 fully saturated rings. The molecule has 0 radical (unpaired) electrons. The molecule has 0 spiro atoms. The van der Waals surface area contributed by atoms with Crippen molar-refractivity contribution in [3.8, 4) is 0 Å². The third kappa shape index (κ3) is 5.86. The average molecular weight is 242 g/mol. The predicted molar refractivity (Wildman–Crippen MR) is 61.0 cm³/mol. The summed E-state index contributed by atoms with van der Waals surface area (Å²) in [5.74, 6) is -0.973. The van der Waals surface area contributed by atoms with E-state index in [4.69, 9.17) is 0 Å². The topological polar surface area (TPSA) is 64.5 Å². The van der Waals surface area contributed by atoms with Gasteiger partial charge in [0.2, 0.25) is 0 Å². The number of nitrogens with one attached hydrogen (secondary N) is 1. The quantitative estimate of drug-likeness (QED) is 0.353. The third-order valence-corrected chi connectivity index (χ3v) is 2.31. The van der Waals surface area contributed by atoms with Crippen LogP contribution >= 0.6 is 0 Å². The van der Waals surface area contributed by atoms with E-state index in [1.165, 1.54) is 12.5 Å². The number of nitrogens with zero attached hydrogens (tertiary/aromatic N) is 1. The van der Waals surface area contributed by atoms with Crippen LogP contribution in [0.3, 0.4) is 0 Å². The van der Waals surface area contributed by atoms with Crippen molar-refractivity contribution in [2.75, 3.05) is 6.54 Å². The maximum absolute atomic E-state index is 10.4. The van der Waals surface area contributed by atoms with Gasteiger partial charge in [-0.15, -0.1) is 0 Å². The molecule has 0 aliphatic heterocycles. The number of benzene rings is 1. The second kappa shape index (κ2) is 8.28. The van der Waals surface area contributed by atoms with E-state index in [1.807, 2.05) is 37.3 Å². The summed E-state index contributed by atoms with van der Waals surface area (Å²) in [5.41, 5.74) is 3.88. The van der Waals surface area contributed by atoms with E-state index < -0.39 is 5.97 Å². The van der Waals surface area contributed by atoms with Crippen LogP contribution in [0.4, 0.5) is 0 Å². The van der Waals surface area contributed by atoms with Gasteiger partial charge in [-0.1, -0.05) is 37.3 Å². The number of carbonyl (C=O) groups is 1. The molecule has 1 aromatic rings. The van der Waals surface area contributed by atoms with Crippen LogP contribution in [0.1, 0.15) is 25.3 Å². The summed E-state index contributed by atoms with van der Waals surface area (Å²) in [6.45, 7) is 4.04. The number of rotatable bonds is 5. The number of hydrogen-bond donors (Lipinski definition) is 1. The van der Waals surface area contributed by atoms with Crippen molar-refractivity contribution in [2.24, 2.45) is 5.10 Å². The summed E-state index contributed by atoms with van der Waals surface area (Å²) in [6, 6.07) is 9.97. The molecule has 0 aliphatic rings. The normalized spacial score (nSPS) is 12.5. The van der Waals surface area contributed by atoms with Crippen LogP contribution in [0.15, 0.2) is 35.4 Å². The van der Waals surface area contributed by atoms with Gasteiger partial charge in [-0.3, -0.25) is 0 Å². The van der Waals surface area contributed by atoms with Crippen molar-refractivity contribution in [1.82, 2.24) is 5.43 Å². The first-order chi connectivity index (χ1) is 7.61. The van der Waals surface area contributed by atoms with Crippen LogP contribution < -0.4 is 40.1 Å². The van der Waals surface area contributed by atoms with Gasteiger partial charge in [0.25, 0.3) is 0 Å². The van der Waals surface area contributed by atoms with Crippen LogP contribution in [-0.2, 0) is 4.79 Å². The Morgan fingerprint density at radius 1 is 1.41 bits per heavy atom. The van der Waals surface area contributed by atoms with Gasteiger partial charge >= 0.3 is 29.6 Å². The van der Waals surface area contributed by atoms with Crippen LogP contribution in [-0.4, -0.2) is 18.2 Å². The summed E-state index contributed by atoms with van der Waals surface area (Å²) in [5, 5.41) is 14.1. The second-order valence-corrected chi connectivity index (χ2v) is 3.66. The van der Waals surface area contributed by atoms with E-state index in [9.17, 15) is 9.90 Å². The number of carboxylic acids is 1. The van der Waals surface area contributed by atoms with Crippen molar-refractivity contribution in [3.63, 3.8) is 0 Å². The third-order valence-electron chi connectivity index (χ3n) is 2.31. The minimum absolute atomic E-state index is 0. The van der Waals surface area contributed by atoms with E-state index in [0.717, 1.165) is 0 Å². The smallest absolute Gasteiger partial charge is 0.543 e. The average Bonchev–Trinajstić information content (AvgIpc) is 2.29. The van der Waals surface area contributed by atoms with E-state index in [2.05, 4.69) is 10.5 Å². The molecule has 0 aromatic heterocycles. The molecule has 1 N–H and O–H groups in total. The maximum atomic E-state index is 10.4. The fourth-order valence-corrected chi connectivity index (χ4v) is 1.25. The zero-order chi connectivity index (χ0) is 12.0. The molecule has 86 valence electrons. The van der Waals surface area contributed by atoms with Crippen molar-refractivity contribution >= 4 is 11.7 Å². The Bertz CT molecular complexity index is 379. The van der Waals surface area contributed by atoms with Crippen LogP contribution in [0.5, 0.6) is 0 Å². The minimum atomic E-state index is -1.25. The zero-order valence-corrected chi connectivity index (χ0v) is 12.4. The molecular weight excluding hydrogens is 227 g/mol. The molecule has 4 nitrogen and oxygen atoms in total. The fraction of sp³-hybridized carbons (Fsp3) is 0.333. The number of aliphatic carboxylic acids is 1. The SMILES string of the molecule is C/C(=N/NCC(C)c1ccccc1)C(=O)[O-].[Na+]. The van der Waals surface area contributed by atoms with Crippen molar-refractivity contribution in [1.29, 1.82) is 0 Å². The molecule has 0 aliphatic carbocycles. The van der Waals surface area contributed by atoms with Crippen molar-refractivity contribution in [3.05, 3.63) is 35.9 Å². The first-order valence-electron chi connectivity index (χ1n) is 5.14. The standard InChI is InChI=1S/C12H16N2O2.Na/c1-9(11-6-4-3-5-7-11)8-13-14-10(2)12(15)16;/h3-7,9,13H,8H2,1-2H3,(H,15,16);/q;+1/p-1/b14-10-;. The Morgan fingerprint density at radius 2 is 2.00 bits per heavy atom. The molecule has 1 aromatic carbocycles. The molecule has 5 heteroatoms. The van der Waals surface area contributed by atoms with Gasteiger partial charge < -0.3 is 15.3 Å². The Hall–Kier alpha value is -0.840. The number of hydrogen-bond acceptors (Lipinski definition) is 4. The van der Waals surface area contributed by atoms with Gasteiger partial charge in [0.05, 0.1) is 11.7 Å². The molecule has 1 rings (SSSR count). The number of hydrazone groups is 1. The molecular formula is C12H15N2NaO2. The molecule has 17 heavy (non-hydrogen) atoms. The number of carbonyl (C=O) groups excluding carboxylic acids is 1. The molecule has 0 amide bonds. The van der Waals surface area contributed by atoms with E-state index in [-0.39, 0.29) is 41.2 Å². The first-order valence-corrected chi connectivity index (χ1v) is 5.14. The van der Waals surface area contributed by atoms with E-state index in [1.54, 1.807) is 0 Å². The van der Waals surface area contributed by atoms with E-state index in [0.29, 0.717) is 6.54 Å². The van der Waals surface area contributed by atoms with Gasteiger partial charge in [-0.2, -0.15) is 5.10 Å². The maximum Gasteiger partial charge on any atom is 1.00 e. The molecule has 0 heterocycles. The predicted octanol–water partition coefficient (Wildman–Crippen LogP) is -2.49. The Morgan fingerprint density at radius 3 is 2.53 bits per heavy atom.